The molecule has 1 saturated carbocycles. The summed E-state index contributed by atoms with van der Waals surface area (Å²) in [7, 11) is 0. The summed E-state index contributed by atoms with van der Waals surface area (Å²) >= 11 is 0. The molecule has 0 saturated heterocycles. The van der Waals surface area contributed by atoms with Crippen LogP contribution in [0, 0.1) is 0 Å². The van der Waals surface area contributed by atoms with Gasteiger partial charge in [-0.1, -0.05) is 18.6 Å². The smallest absolute Gasteiger partial charge is 0.310 e. The Morgan fingerprint density at radius 2 is 1.72 bits per heavy atom. The molecule has 1 heterocycles. The third kappa shape index (κ3) is 4.62. The van der Waals surface area contributed by atoms with Crippen molar-refractivity contribution in [2.24, 2.45) is 0 Å². The predicted octanol–water partition coefficient (Wildman–Crippen LogP) is 3.55. The van der Waals surface area contributed by atoms with E-state index in [1.54, 1.807) is 30.3 Å². The molecule has 1 aliphatic carbocycles. The van der Waals surface area contributed by atoms with Gasteiger partial charge in [-0.2, -0.15) is 0 Å². The first-order valence-electron chi connectivity index (χ1n) is 9.77. The van der Waals surface area contributed by atoms with Gasteiger partial charge in [0.1, 0.15) is 5.75 Å². The van der Waals surface area contributed by atoms with Gasteiger partial charge in [0.2, 0.25) is 0 Å². The lowest BCUT2D eigenvalue weighted by Crippen LogP contribution is -2.40. The molecule has 0 unspecified atom stereocenters. The maximum atomic E-state index is 12.1. The number of hydrogen-bond acceptors (Lipinski definition) is 6. The number of rotatable bonds is 5. The summed E-state index contributed by atoms with van der Waals surface area (Å²) in [6.07, 6.45) is 5.10. The number of carbonyl (C=O) groups is 2. The molecule has 1 spiro atoms. The fourth-order valence-corrected chi connectivity index (χ4v) is 3.64. The predicted molar refractivity (Wildman–Crippen MR) is 105 cm³/mol. The topological polar surface area (TPSA) is 94.1 Å². The van der Waals surface area contributed by atoms with Crippen LogP contribution in [-0.4, -0.2) is 29.4 Å². The Hall–Kier alpha value is -3.22. The first-order chi connectivity index (χ1) is 14.0. The number of benzene rings is 2. The molecule has 0 atom stereocenters. The summed E-state index contributed by atoms with van der Waals surface area (Å²) < 4.78 is 17.1. The minimum Gasteiger partial charge on any atom is -0.508 e. The Balaban J connectivity index is 1.28. The van der Waals surface area contributed by atoms with Gasteiger partial charge in [-0.25, -0.2) is 0 Å². The van der Waals surface area contributed by atoms with Crippen molar-refractivity contribution in [1.82, 2.24) is 0 Å². The van der Waals surface area contributed by atoms with Crippen LogP contribution in [-0.2, 0) is 20.7 Å². The number of ether oxygens (including phenoxy) is 3. The Morgan fingerprint density at radius 3 is 2.48 bits per heavy atom. The van der Waals surface area contributed by atoms with Crippen molar-refractivity contribution in [1.29, 1.82) is 0 Å². The highest BCUT2D eigenvalue weighted by Crippen LogP contribution is 2.46. The van der Waals surface area contributed by atoms with Gasteiger partial charge >= 0.3 is 5.97 Å². The van der Waals surface area contributed by atoms with Crippen LogP contribution in [0.1, 0.15) is 37.7 Å². The van der Waals surface area contributed by atoms with Crippen LogP contribution in [0.25, 0.3) is 0 Å². The lowest BCUT2D eigenvalue weighted by molar-refractivity contribution is -0.146. The molecule has 0 aromatic heterocycles. The SMILES string of the molecule is O=C(COC(=O)Cc1ccc(O)cc1)Nc1ccc2c(c1)OC1(CCCCC1)O2. The van der Waals surface area contributed by atoms with Crippen LogP contribution in [0.4, 0.5) is 5.69 Å². The molecule has 29 heavy (non-hydrogen) atoms. The summed E-state index contributed by atoms with van der Waals surface area (Å²) in [5.41, 5.74) is 1.25. The number of fused-ring (bicyclic) bond motifs is 1. The Bertz CT molecular complexity index is 902. The second-order valence-corrected chi connectivity index (χ2v) is 7.39. The molecule has 0 bridgehead atoms. The second-order valence-electron chi connectivity index (χ2n) is 7.39. The summed E-state index contributed by atoms with van der Waals surface area (Å²) in [6, 6.07) is 11.5. The van der Waals surface area contributed by atoms with E-state index in [-0.39, 0.29) is 18.8 Å². The molecule has 2 N–H and O–H groups in total. The monoisotopic (exact) mass is 397 g/mol. The van der Waals surface area contributed by atoms with E-state index < -0.39 is 17.7 Å². The summed E-state index contributed by atoms with van der Waals surface area (Å²) in [4.78, 5) is 24.0. The number of carbonyl (C=O) groups excluding carboxylic acids is 2. The lowest BCUT2D eigenvalue weighted by atomic mass is 9.94. The minimum absolute atomic E-state index is 0.0274. The molecular weight excluding hydrogens is 374 g/mol. The number of phenols is 1. The zero-order valence-electron chi connectivity index (χ0n) is 16.0. The first-order valence-corrected chi connectivity index (χ1v) is 9.77. The minimum atomic E-state index is -0.563. The van der Waals surface area contributed by atoms with Gasteiger partial charge in [-0.3, -0.25) is 9.59 Å². The van der Waals surface area contributed by atoms with Crippen LogP contribution < -0.4 is 14.8 Å². The number of amides is 1. The summed E-state index contributed by atoms with van der Waals surface area (Å²) in [5, 5.41) is 12.0. The molecular formula is C22H23NO6. The maximum absolute atomic E-state index is 12.1. The van der Waals surface area contributed by atoms with E-state index in [4.69, 9.17) is 14.2 Å². The highest BCUT2D eigenvalue weighted by atomic mass is 16.7. The van der Waals surface area contributed by atoms with Crippen molar-refractivity contribution in [3.8, 4) is 17.2 Å². The van der Waals surface area contributed by atoms with Gasteiger partial charge < -0.3 is 24.6 Å². The van der Waals surface area contributed by atoms with Crippen LogP contribution >= 0.6 is 0 Å². The van der Waals surface area contributed by atoms with Crippen molar-refractivity contribution >= 4 is 17.6 Å². The molecule has 2 aromatic carbocycles. The number of anilines is 1. The van der Waals surface area contributed by atoms with E-state index in [0.717, 1.165) is 25.7 Å². The van der Waals surface area contributed by atoms with Gasteiger partial charge in [0.15, 0.2) is 18.1 Å². The molecule has 152 valence electrons. The highest BCUT2D eigenvalue weighted by Gasteiger charge is 2.42. The van der Waals surface area contributed by atoms with Gasteiger partial charge in [-0.15, -0.1) is 0 Å². The van der Waals surface area contributed by atoms with Gasteiger partial charge in [0, 0.05) is 24.6 Å². The van der Waals surface area contributed by atoms with Gasteiger partial charge in [0.25, 0.3) is 11.7 Å². The summed E-state index contributed by atoms with van der Waals surface area (Å²) in [6.45, 7) is -0.380. The first kappa shape index (κ1) is 19.1. The fraction of sp³-hybridized carbons (Fsp3) is 0.364. The van der Waals surface area contributed by atoms with E-state index in [2.05, 4.69) is 5.32 Å². The number of hydrogen-bond donors (Lipinski definition) is 2. The van der Waals surface area contributed by atoms with E-state index >= 15 is 0 Å². The third-order valence-electron chi connectivity index (χ3n) is 5.08. The molecule has 7 nitrogen and oxygen atoms in total. The lowest BCUT2D eigenvalue weighted by Gasteiger charge is -2.31. The molecule has 2 aliphatic rings. The molecule has 4 rings (SSSR count). The normalized spacial score (nSPS) is 16.4. The van der Waals surface area contributed by atoms with Crippen molar-refractivity contribution in [3.05, 3.63) is 48.0 Å². The third-order valence-corrected chi connectivity index (χ3v) is 5.08. The number of esters is 1. The maximum Gasteiger partial charge on any atom is 0.310 e. The molecule has 7 heteroatoms. The molecule has 0 radical (unpaired) electrons. The highest BCUT2D eigenvalue weighted by molar-refractivity contribution is 5.93. The molecule has 1 amide bonds. The van der Waals surface area contributed by atoms with Crippen molar-refractivity contribution in [2.75, 3.05) is 11.9 Å². The van der Waals surface area contributed by atoms with Crippen LogP contribution in [0.5, 0.6) is 17.2 Å². The van der Waals surface area contributed by atoms with Crippen LogP contribution in [0.3, 0.4) is 0 Å². The largest absolute Gasteiger partial charge is 0.508 e. The zero-order valence-corrected chi connectivity index (χ0v) is 16.0. The van der Waals surface area contributed by atoms with Gasteiger partial charge in [-0.05, 0) is 42.7 Å². The fourth-order valence-electron chi connectivity index (χ4n) is 3.64. The Labute approximate surface area is 168 Å². The number of phenolic OH excluding ortho intramolecular Hbond substituents is 1. The van der Waals surface area contributed by atoms with E-state index in [0.29, 0.717) is 22.7 Å². The quantitative estimate of drug-likeness (QED) is 0.750. The van der Waals surface area contributed by atoms with Crippen molar-refractivity contribution in [2.45, 2.75) is 44.3 Å². The van der Waals surface area contributed by atoms with E-state index in [1.165, 1.54) is 18.6 Å². The number of aromatic hydroxyl groups is 1. The van der Waals surface area contributed by atoms with Crippen molar-refractivity contribution < 1.29 is 28.9 Å². The average Bonchev–Trinajstić information content (AvgIpc) is 3.05. The Morgan fingerprint density at radius 1 is 1.00 bits per heavy atom. The van der Waals surface area contributed by atoms with E-state index in [1.807, 2.05) is 0 Å². The second kappa shape index (κ2) is 8.03. The zero-order chi connectivity index (χ0) is 20.3. The van der Waals surface area contributed by atoms with Crippen molar-refractivity contribution in [3.63, 3.8) is 0 Å². The summed E-state index contributed by atoms with van der Waals surface area (Å²) in [5.74, 6) is -0.0857. The van der Waals surface area contributed by atoms with Crippen LogP contribution in [0.15, 0.2) is 42.5 Å². The Kier molecular flexibility index (Phi) is 5.29. The average molecular weight is 397 g/mol. The molecule has 1 fully saturated rings. The van der Waals surface area contributed by atoms with E-state index in [9.17, 15) is 14.7 Å². The standard InChI is InChI=1S/C22H23NO6/c24-17-7-4-15(5-8-17)12-21(26)27-14-20(25)23-16-6-9-18-19(13-16)29-22(28-18)10-2-1-3-11-22/h4-9,13,24H,1-3,10-12,14H2,(H,23,25). The van der Waals surface area contributed by atoms with Crippen LogP contribution in [0.2, 0.25) is 0 Å². The molecule has 1 aliphatic heterocycles. The number of nitrogens with one attached hydrogen (secondary N) is 1. The molecule has 2 aromatic rings. The van der Waals surface area contributed by atoms with Gasteiger partial charge in [0.05, 0.1) is 6.42 Å².